The molecule has 0 aliphatic carbocycles. The molecule has 0 aliphatic rings. The van der Waals surface area contributed by atoms with Crippen molar-refractivity contribution >= 4 is 16.3 Å². The molecule has 1 atom stereocenters. The highest BCUT2D eigenvalue weighted by molar-refractivity contribution is 7.15. The van der Waals surface area contributed by atoms with Gasteiger partial charge in [-0.05, 0) is 25.7 Å². The van der Waals surface area contributed by atoms with Crippen LogP contribution in [0.3, 0.4) is 0 Å². The first-order chi connectivity index (χ1) is 7.79. The SMILES string of the molecule is CCCC(O)CCCc1cn2ccsc2n1. The molecule has 1 unspecified atom stereocenters. The lowest BCUT2D eigenvalue weighted by Crippen LogP contribution is -2.05. The van der Waals surface area contributed by atoms with Crippen LogP contribution in [0.4, 0.5) is 0 Å². The van der Waals surface area contributed by atoms with Crippen LogP contribution in [0, 0.1) is 0 Å². The summed E-state index contributed by atoms with van der Waals surface area (Å²) in [4.78, 5) is 5.57. The van der Waals surface area contributed by atoms with Crippen LogP contribution in [0.15, 0.2) is 17.8 Å². The van der Waals surface area contributed by atoms with E-state index in [1.165, 1.54) is 0 Å². The summed E-state index contributed by atoms with van der Waals surface area (Å²) in [5, 5.41) is 11.6. The van der Waals surface area contributed by atoms with Crippen LogP contribution in [0.1, 0.15) is 38.3 Å². The van der Waals surface area contributed by atoms with Gasteiger partial charge in [-0.1, -0.05) is 13.3 Å². The third-order valence-corrected chi connectivity index (χ3v) is 3.51. The molecule has 0 aliphatic heterocycles. The first-order valence-corrected chi connectivity index (χ1v) is 6.76. The maximum atomic E-state index is 9.60. The zero-order chi connectivity index (χ0) is 11.4. The third-order valence-electron chi connectivity index (χ3n) is 2.74. The van der Waals surface area contributed by atoms with Crippen molar-refractivity contribution in [3.63, 3.8) is 0 Å². The van der Waals surface area contributed by atoms with Crippen molar-refractivity contribution in [1.29, 1.82) is 0 Å². The minimum absolute atomic E-state index is 0.131. The van der Waals surface area contributed by atoms with E-state index in [-0.39, 0.29) is 6.10 Å². The molecule has 2 aromatic rings. The summed E-state index contributed by atoms with van der Waals surface area (Å²) in [6, 6.07) is 0. The standard InChI is InChI=1S/C12H18N2OS/c1-2-4-11(15)6-3-5-10-9-14-7-8-16-12(14)13-10/h7-9,11,15H,2-6H2,1H3. The fourth-order valence-corrected chi connectivity index (χ4v) is 2.61. The molecular weight excluding hydrogens is 220 g/mol. The highest BCUT2D eigenvalue weighted by Crippen LogP contribution is 2.14. The number of aliphatic hydroxyl groups excluding tert-OH is 1. The van der Waals surface area contributed by atoms with Crippen molar-refractivity contribution in [2.45, 2.75) is 45.1 Å². The first-order valence-electron chi connectivity index (χ1n) is 5.88. The number of rotatable bonds is 6. The van der Waals surface area contributed by atoms with Gasteiger partial charge in [0.25, 0.3) is 0 Å². The van der Waals surface area contributed by atoms with Gasteiger partial charge in [0.2, 0.25) is 0 Å². The molecule has 1 N–H and O–H groups in total. The van der Waals surface area contributed by atoms with Crippen LogP contribution in [0.2, 0.25) is 0 Å². The average molecular weight is 238 g/mol. The molecule has 3 nitrogen and oxygen atoms in total. The first kappa shape index (κ1) is 11.6. The monoisotopic (exact) mass is 238 g/mol. The van der Waals surface area contributed by atoms with Gasteiger partial charge in [-0.15, -0.1) is 11.3 Å². The van der Waals surface area contributed by atoms with Crippen molar-refractivity contribution in [3.8, 4) is 0 Å². The topological polar surface area (TPSA) is 37.5 Å². The maximum absolute atomic E-state index is 9.60. The average Bonchev–Trinajstić information content (AvgIpc) is 2.78. The molecule has 0 bridgehead atoms. The fraction of sp³-hybridized carbons (Fsp3) is 0.583. The molecular formula is C12H18N2OS. The second-order valence-corrected chi connectivity index (χ2v) is 5.03. The van der Waals surface area contributed by atoms with E-state index in [1.807, 2.05) is 11.6 Å². The lowest BCUT2D eigenvalue weighted by atomic mass is 10.1. The second kappa shape index (κ2) is 5.46. The van der Waals surface area contributed by atoms with E-state index >= 15 is 0 Å². The fourth-order valence-electron chi connectivity index (χ4n) is 1.89. The summed E-state index contributed by atoms with van der Waals surface area (Å²) >= 11 is 1.66. The van der Waals surface area contributed by atoms with Gasteiger partial charge in [0, 0.05) is 17.8 Å². The molecule has 4 heteroatoms. The number of nitrogens with zero attached hydrogens (tertiary/aromatic N) is 2. The van der Waals surface area contributed by atoms with Crippen molar-refractivity contribution < 1.29 is 5.11 Å². The Morgan fingerprint density at radius 1 is 1.50 bits per heavy atom. The van der Waals surface area contributed by atoms with Crippen LogP contribution >= 0.6 is 11.3 Å². The Bertz CT molecular complexity index is 406. The Hall–Kier alpha value is -0.870. The predicted octanol–water partition coefficient (Wildman–Crippen LogP) is 2.88. The largest absolute Gasteiger partial charge is 0.393 e. The van der Waals surface area contributed by atoms with Crippen molar-refractivity contribution in [2.75, 3.05) is 0 Å². The van der Waals surface area contributed by atoms with E-state index in [9.17, 15) is 5.11 Å². The molecule has 2 aromatic heterocycles. The quantitative estimate of drug-likeness (QED) is 0.840. The minimum atomic E-state index is -0.131. The second-order valence-electron chi connectivity index (χ2n) is 4.16. The highest BCUT2D eigenvalue weighted by atomic mass is 32.1. The molecule has 0 fully saturated rings. The van der Waals surface area contributed by atoms with Crippen molar-refractivity contribution in [2.24, 2.45) is 0 Å². The van der Waals surface area contributed by atoms with Crippen LogP contribution in [-0.4, -0.2) is 20.6 Å². The minimum Gasteiger partial charge on any atom is -0.393 e. The number of imidazole rings is 1. The molecule has 2 heterocycles. The van der Waals surface area contributed by atoms with Gasteiger partial charge in [-0.3, -0.25) is 4.40 Å². The molecule has 0 amide bonds. The summed E-state index contributed by atoms with van der Waals surface area (Å²) in [6.45, 7) is 2.10. The highest BCUT2D eigenvalue weighted by Gasteiger charge is 2.05. The summed E-state index contributed by atoms with van der Waals surface area (Å²) < 4.78 is 2.06. The number of fused-ring (bicyclic) bond motifs is 1. The molecule has 88 valence electrons. The molecule has 0 spiro atoms. The van der Waals surface area contributed by atoms with E-state index in [1.54, 1.807) is 11.3 Å². The zero-order valence-electron chi connectivity index (χ0n) is 9.59. The Kier molecular flexibility index (Phi) is 3.96. The number of thiazole rings is 1. The van der Waals surface area contributed by atoms with E-state index in [2.05, 4.69) is 22.5 Å². The van der Waals surface area contributed by atoms with Gasteiger partial charge in [0.1, 0.15) is 0 Å². The van der Waals surface area contributed by atoms with Gasteiger partial charge in [-0.25, -0.2) is 4.98 Å². The number of aliphatic hydroxyl groups is 1. The Morgan fingerprint density at radius 3 is 3.12 bits per heavy atom. The number of hydrogen-bond acceptors (Lipinski definition) is 3. The van der Waals surface area contributed by atoms with Crippen molar-refractivity contribution in [3.05, 3.63) is 23.5 Å². The lowest BCUT2D eigenvalue weighted by molar-refractivity contribution is 0.151. The molecule has 2 rings (SSSR count). The van der Waals surface area contributed by atoms with Crippen molar-refractivity contribution in [1.82, 2.24) is 9.38 Å². The van der Waals surface area contributed by atoms with Crippen LogP contribution in [0.5, 0.6) is 0 Å². The van der Waals surface area contributed by atoms with Crippen LogP contribution in [-0.2, 0) is 6.42 Å². The zero-order valence-corrected chi connectivity index (χ0v) is 10.4. The Morgan fingerprint density at radius 2 is 2.38 bits per heavy atom. The molecule has 0 saturated heterocycles. The summed E-state index contributed by atoms with van der Waals surface area (Å²) in [7, 11) is 0. The van der Waals surface area contributed by atoms with Gasteiger partial charge in [0.15, 0.2) is 4.96 Å². The van der Waals surface area contributed by atoms with Gasteiger partial charge in [0.05, 0.1) is 11.8 Å². The Labute approximate surface area is 99.8 Å². The van der Waals surface area contributed by atoms with Crippen LogP contribution in [0.25, 0.3) is 4.96 Å². The molecule has 0 saturated carbocycles. The van der Waals surface area contributed by atoms with E-state index in [0.717, 1.165) is 42.8 Å². The third kappa shape index (κ3) is 2.83. The molecule has 16 heavy (non-hydrogen) atoms. The summed E-state index contributed by atoms with van der Waals surface area (Å²) in [5.41, 5.74) is 1.13. The summed E-state index contributed by atoms with van der Waals surface area (Å²) in [6.07, 6.45) is 8.83. The van der Waals surface area contributed by atoms with E-state index in [0.29, 0.717) is 0 Å². The number of aryl methyl sites for hydroxylation is 1. The molecule has 0 radical (unpaired) electrons. The van der Waals surface area contributed by atoms with Gasteiger partial charge in [-0.2, -0.15) is 0 Å². The smallest absolute Gasteiger partial charge is 0.193 e. The lowest BCUT2D eigenvalue weighted by Gasteiger charge is -2.07. The number of hydrogen-bond donors (Lipinski definition) is 1. The van der Waals surface area contributed by atoms with E-state index in [4.69, 9.17) is 0 Å². The van der Waals surface area contributed by atoms with Gasteiger partial charge < -0.3 is 5.11 Å². The predicted molar refractivity (Wildman–Crippen MR) is 66.9 cm³/mol. The summed E-state index contributed by atoms with van der Waals surface area (Å²) in [5.74, 6) is 0. The maximum Gasteiger partial charge on any atom is 0.193 e. The van der Waals surface area contributed by atoms with E-state index < -0.39 is 0 Å². The molecule has 0 aromatic carbocycles. The normalized spacial score (nSPS) is 13.4. The van der Waals surface area contributed by atoms with Crippen LogP contribution < -0.4 is 0 Å². The Balaban J connectivity index is 1.80. The van der Waals surface area contributed by atoms with Gasteiger partial charge >= 0.3 is 0 Å². The number of aromatic nitrogens is 2.